The molecule has 0 aromatic heterocycles. The van der Waals surface area contributed by atoms with Crippen LogP contribution in [0.25, 0.3) is 0 Å². The largest absolute Gasteiger partial charge is 0.493 e. The summed E-state index contributed by atoms with van der Waals surface area (Å²) in [4.78, 5) is 2.62. The van der Waals surface area contributed by atoms with Crippen LogP contribution in [0.3, 0.4) is 0 Å². The summed E-state index contributed by atoms with van der Waals surface area (Å²) in [5.74, 6) is 2.18. The molecule has 2 heterocycles. The van der Waals surface area contributed by atoms with E-state index in [1.165, 1.54) is 16.7 Å². The minimum Gasteiger partial charge on any atom is -0.493 e. The lowest BCUT2D eigenvalue weighted by Crippen LogP contribution is -2.50. The van der Waals surface area contributed by atoms with Crippen molar-refractivity contribution in [2.75, 3.05) is 48.6 Å². The molecule has 6 nitrogen and oxygen atoms in total. The van der Waals surface area contributed by atoms with Crippen molar-refractivity contribution in [2.24, 2.45) is 0 Å². The number of hydrogen-bond donors (Lipinski definition) is 0. The molecule has 0 bridgehead atoms. The van der Waals surface area contributed by atoms with Crippen LogP contribution in [-0.4, -0.2) is 65.7 Å². The fourth-order valence-electron chi connectivity index (χ4n) is 5.52. The second-order valence-corrected chi connectivity index (χ2v) is 7.74. The first-order valence-corrected chi connectivity index (χ1v) is 9.98. The van der Waals surface area contributed by atoms with Gasteiger partial charge < -0.3 is 23.7 Å². The van der Waals surface area contributed by atoms with Crippen LogP contribution in [0.1, 0.15) is 30.4 Å². The first-order valence-electron chi connectivity index (χ1n) is 9.98. The Hall–Kier alpha value is -1.76. The first-order chi connectivity index (χ1) is 13.6. The summed E-state index contributed by atoms with van der Waals surface area (Å²) in [6.07, 6.45) is 6.22. The topological polar surface area (TPSA) is 49.4 Å². The van der Waals surface area contributed by atoms with Gasteiger partial charge in [-0.15, -0.1) is 0 Å². The smallest absolute Gasteiger partial charge is 0.203 e. The van der Waals surface area contributed by atoms with Crippen LogP contribution >= 0.6 is 0 Å². The number of rotatable bonds is 5. The Kier molecular flexibility index (Phi) is 5.29. The molecule has 3 atom stereocenters. The van der Waals surface area contributed by atoms with E-state index >= 15 is 0 Å². The summed E-state index contributed by atoms with van der Waals surface area (Å²) in [6, 6.07) is 2.16. The molecular formula is C22H31NO5. The van der Waals surface area contributed by atoms with Crippen molar-refractivity contribution in [1.29, 1.82) is 0 Å². The zero-order chi connectivity index (χ0) is 19.9. The van der Waals surface area contributed by atoms with Gasteiger partial charge in [0.1, 0.15) is 6.10 Å². The van der Waals surface area contributed by atoms with Crippen molar-refractivity contribution in [3.8, 4) is 17.2 Å². The van der Waals surface area contributed by atoms with Crippen LogP contribution in [0.15, 0.2) is 17.7 Å². The summed E-state index contributed by atoms with van der Waals surface area (Å²) in [5, 5.41) is 0. The highest BCUT2D eigenvalue weighted by molar-refractivity contribution is 5.63. The van der Waals surface area contributed by atoms with Crippen molar-refractivity contribution in [3.63, 3.8) is 0 Å². The Labute approximate surface area is 167 Å². The van der Waals surface area contributed by atoms with E-state index in [-0.39, 0.29) is 17.7 Å². The van der Waals surface area contributed by atoms with Gasteiger partial charge in [-0.2, -0.15) is 0 Å². The normalized spacial score (nSPS) is 29.2. The summed E-state index contributed by atoms with van der Waals surface area (Å²) in [5.41, 5.74) is 3.71. The lowest BCUT2D eigenvalue weighted by molar-refractivity contribution is -0.0481. The van der Waals surface area contributed by atoms with Crippen molar-refractivity contribution >= 4 is 0 Å². The maximum absolute atomic E-state index is 5.88. The quantitative estimate of drug-likeness (QED) is 0.722. The van der Waals surface area contributed by atoms with Gasteiger partial charge in [-0.05, 0) is 43.0 Å². The number of benzene rings is 1. The van der Waals surface area contributed by atoms with E-state index in [0.29, 0.717) is 11.5 Å². The Morgan fingerprint density at radius 2 is 1.71 bits per heavy atom. The highest BCUT2D eigenvalue weighted by Gasteiger charge is 2.53. The fraction of sp³-hybridized carbons (Fsp3) is 0.636. The SMILES string of the molecule is COc1cc2c(c(OC)c1OC)CCCN1CCC3=C[C@H](OC)[C@H](OC)C[C@]321. The molecule has 2 aliphatic heterocycles. The molecule has 28 heavy (non-hydrogen) atoms. The highest BCUT2D eigenvalue weighted by Crippen LogP contribution is 2.56. The van der Waals surface area contributed by atoms with Crippen molar-refractivity contribution in [1.82, 2.24) is 4.90 Å². The molecule has 0 amide bonds. The van der Waals surface area contributed by atoms with Crippen molar-refractivity contribution < 1.29 is 23.7 Å². The van der Waals surface area contributed by atoms with Crippen molar-refractivity contribution in [2.45, 2.75) is 43.4 Å². The van der Waals surface area contributed by atoms with Gasteiger partial charge in [0.15, 0.2) is 11.5 Å². The highest BCUT2D eigenvalue weighted by atomic mass is 16.5. The van der Waals surface area contributed by atoms with Gasteiger partial charge in [0, 0.05) is 32.7 Å². The second-order valence-electron chi connectivity index (χ2n) is 7.74. The molecule has 0 unspecified atom stereocenters. The number of fused-ring (bicyclic) bond motifs is 1. The van der Waals surface area contributed by atoms with E-state index in [2.05, 4.69) is 17.0 Å². The molecule has 1 fully saturated rings. The Morgan fingerprint density at radius 3 is 2.36 bits per heavy atom. The number of methoxy groups -OCH3 is 5. The molecule has 1 aromatic carbocycles. The molecule has 1 aliphatic carbocycles. The molecule has 1 aromatic rings. The number of ether oxygens (including phenoxy) is 5. The van der Waals surface area contributed by atoms with Gasteiger partial charge in [0.05, 0.1) is 33.0 Å². The van der Waals surface area contributed by atoms with E-state index in [4.69, 9.17) is 23.7 Å². The summed E-state index contributed by atoms with van der Waals surface area (Å²) >= 11 is 0. The molecule has 3 aliphatic rings. The van der Waals surface area contributed by atoms with E-state index < -0.39 is 0 Å². The lowest BCUT2D eigenvalue weighted by Gasteiger charge is -2.46. The van der Waals surface area contributed by atoms with Crippen molar-refractivity contribution in [3.05, 3.63) is 28.8 Å². The predicted molar refractivity (Wildman–Crippen MR) is 107 cm³/mol. The second kappa shape index (κ2) is 7.58. The zero-order valence-electron chi connectivity index (χ0n) is 17.5. The Balaban J connectivity index is 1.99. The first kappa shape index (κ1) is 19.6. The standard InChI is InChI=1S/C22H31NO5/c1-24-17-11-14-8-10-23-9-6-7-15-16(22(14,23)13-19(17)26-3)12-18(25-2)21(28-5)20(15)27-4/h11-12,17,19H,6-10,13H2,1-5H3/t17-,19+,22-/m0/s1. The molecule has 1 saturated heterocycles. The van der Waals surface area contributed by atoms with Crippen LogP contribution in [0.4, 0.5) is 0 Å². The molecule has 0 saturated carbocycles. The minimum atomic E-state index is -0.200. The van der Waals surface area contributed by atoms with E-state index in [9.17, 15) is 0 Å². The molecule has 6 heteroatoms. The average Bonchev–Trinajstić information content (AvgIpc) is 3.02. The maximum atomic E-state index is 5.88. The third-order valence-corrected chi connectivity index (χ3v) is 6.76. The third-order valence-electron chi connectivity index (χ3n) is 6.76. The zero-order valence-corrected chi connectivity index (χ0v) is 17.5. The Bertz CT molecular complexity index is 777. The van der Waals surface area contributed by atoms with E-state index in [1.807, 2.05) is 0 Å². The predicted octanol–water partition coefficient (Wildman–Crippen LogP) is 2.92. The molecule has 0 N–H and O–H groups in total. The molecule has 0 radical (unpaired) electrons. The van der Waals surface area contributed by atoms with Gasteiger partial charge in [0.2, 0.25) is 5.75 Å². The van der Waals surface area contributed by atoms with Gasteiger partial charge >= 0.3 is 0 Å². The molecule has 1 spiro atoms. The van der Waals surface area contributed by atoms with Crippen LogP contribution in [0.5, 0.6) is 17.2 Å². The number of hydrogen-bond acceptors (Lipinski definition) is 6. The minimum absolute atomic E-state index is 0.000563. The summed E-state index contributed by atoms with van der Waals surface area (Å²) in [7, 11) is 8.60. The fourth-order valence-corrected chi connectivity index (χ4v) is 5.52. The molecule has 4 rings (SSSR count). The van der Waals surface area contributed by atoms with Crippen LogP contribution in [0.2, 0.25) is 0 Å². The maximum Gasteiger partial charge on any atom is 0.203 e. The van der Waals surface area contributed by atoms with Gasteiger partial charge in [-0.3, -0.25) is 4.90 Å². The van der Waals surface area contributed by atoms with E-state index in [0.717, 1.165) is 44.5 Å². The van der Waals surface area contributed by atoms with Crippen LogP contribution < -0.4 is 14.2 Å². The van der Waals surface area contributed by atoms with E-state index in [1.54, 1.807) is 35.5 Å². The summed E-state index contributed by atoms with van der Waals surface area (Å²) in [6.45, 7) is 2.10. The lowest BCUT2D eigenvalue weighted by atomic mass is 9.72. The van der Waals surface area contributed by atoms with Gasteiger partial charge in [-0.25, -0.2) is 0 Å². The van der Waals surface area contributed by atoms with Gasteiger partial charge in [-0.1, -0.05) is 6.08 Å². The Morgan fingerprint density at radius 1 is 0.929 bits per heavy atom. The summed E-state index contributed by atoms with van der Waals surface area (Å²) < 4.78 is 28.8. The average molecular weight is 389 g/mol. The monoisotopic (exact) mass is 389 g/mol. The van der Waals surface area contributed by atoms with Crippen LogP contribution in [0, 0.1) is 0 Å². The third kappa shape index (κ3) is 2.65. The van der Waals surface area contributed by atoms with Crippen LogP contribution in [-0.2, 0) is 21.4 Å². The number of nitrogens with zero attached hydrogens (tertiary/aromatic N) is 1. The molecule has 154 valence electrons. The molecular weight excluding hydrogens is 358 g/mol. The van der Waals surface area contributed by atoms with Gasteiger partial charge in [0.25, 0.3) is 0 Å².